The van der Waals surface area contributed by atoms with Crippen LogP contribution in [0.5, 0.6) is 0 Å². The van der Waals surface area contributed by atoms with E-state index < -0.39 is 20.1 Å². The van der Waals surface area contributed by atoms with E-state index in [9.17, 15) is 0 Å². The molecule has 2 heterocycles. The summed E-state index contributed by atoms with van der Waals surface area (Å²) in [6.45, 7) is 2.24. The van der Waals surface area contributed by atoms with Crippen LogP contribution >= 0.6 is 20.1 Å². The molecule has 1 aliphatic carbocycles. The summed E-state index contributed by atoms with van der Waals surface area (Å²) in [5.41, 5.74) is 4.58. The molecule has 0 atom stereocenters. The second-order valence-corrected chi connectivity index (χ2v) is 10.3. The topological polar surface area (TPSA) is 16.4 Å². The molecule has 1 aromatic heterocycles. The number of halogens is 1. The van der Waals surface area contributed by atoms with Gasteiger partial charge in [-0.2, -0.15) is 0 Å². The van der Waals surface area contributed by atoms with Crippen LogP contribution < -0.4 is 3.11 Å². The Kier molecular flexibility index (Phi) is 2.88. The predicted molar refractivity (Wildman–Crippen MR) is 91.2 cm³/mol. The third-order valence-corrected chi connectivity index (χ3v) is 9.90. The van der Waals surface area contributed by atoms with Crippen LogP contribution in [0.3, 0.4) is 0 Å². The van der Waals surface area contributed by atoms with Crippen molar-refractivity contribution in [2.45, 2.75) is 38.1 Å². The fraction of sp³-hybridized carbons (Fsp3) is 0.412. The van der Waals surface area contributed by atoms with E-state index in [1.54, 1.807) is 0 Å². The van der Waals surface area contributed by atoms with Crippen molar-refractivity contribution in [2.24, 2.45) is 0 Å². The Bertz CT molecular complexity index is 642. The fourth-order valence-corrected chi connectivity index (χ4v) is 9.77. The summed E-state index contributed by atoms with van der Waals surface area (Å²) >= 11 is -1.42. The number of fused-ring (bicyclic) bond motifs is 2. The Morgan fingerprint density at radius 1 is 1.15 bits per heavy atom. The molecule has 0 unspecified atom stereocenters. The van der Waals surface area contributed by atoms with Crippen LogP contribution in [0.2, 0.25) is 0 Å². The minimum atomic E-state index is -1.42. The molecule has 0 saturated heterocycles. The van der Waals surface area contributed by atoms with E-state index in [2.05, 4.69) is 45.3 Å². The van der Waals surface area contributed by atoms with Crippen LogP contribution in [0.15, 0.2) is 41.0 Å². The second-order valence-electron chi connectivity index (χ2n) is 5.86. The van der Waals surface area contributed by atoms with Gasteiger partial charge in [-0.05, 0) is 0 Å². The molecule has 20 heavy (non-hydrogen) atoms. The van der Waals surface area contributed by atoms with E-state index in [1.165, 1.54) is 46.3 Å². The SMILES string of the molecule is Cc1ccccc1N1I(C)c2occc2C12CCCC2. The third-order valence-electron chi connectivity index (χ3n) is 4.75. The number of rotatable bonds is 1. The number of nitrogens with zero attached hydrogens (tertiary/aromatic N) is 1. The van der Waals surface area contributed by atoms with Gasteiger partial charge in [0.1, 0.15) is 0 Å². The summed E-state index contributed by atoms with van der Waals surface area (Å²) < 4.78 is 10.0. The Hall–Kier alpha value is -0.970. The molecule has 0 radical (unpaired) electrons. The van der Waals surface area contributed by atoms with Gasteiger partial charge < -0.3 is 0 Å². The maximum absolute atomic E-state index is 5.89. The van der Waals surface area contributed by atoms with Gasteiger partial charge in [0.2, 0.25) is 0 Å². The quantitative estimate of drug-likeness (QED) is 0.388. The molecular weight excluding hydrogens is 361 g/mol. The number of hydrogen-bond donors (Lipinski definition) is 0. The average molecular weight is 381 g/mol. The zero-order valence-electron chi connectivity index (χ0n) is 12.0. The van der Waals surface area contributed by atoms with Gasteiger partial charge in [0.05, 0.1) is 0 Å². The van der Waals surface area contributed by atoms with Gasteiger partial charge in [-0.3, -0.25) is 0 Å². The van der Waals surface area contributed by atoms with Crippen molar-refractivity contribution in [3.63, 3.8) is 0 Å². The molecule has 0 N–H and O–H groups in total. The molecule has 2 nitrogen and oxygen atoms in total. The molecule has 2 aliphatic rings. The molecule has 0 amide bonds. The number of furan rings is 1. The molecule has 4 rings (SSSR count). The van der Waals surface area contributed by atoms with Crippen molar-refractivity contribution in [3.8, 4) is 0 Å². The van der Waals surface area contributed by atoms with Crippen LogP contribution in [0.4, 0.5) is 5.69 Å². The van der Waals surface area contributed by atoms with E-state index in [4.69, 9.17) is 4.42 Å². The van der Waals surface area contributed by atoms with Crippen molar-refractivity contribution in [1.29, 1.82) is 0 Å². The standard InChI is InChI=1S/C17H20INO/c1-13-7-3-4-8-15(13)19-17(10-5-6-11-17)14-9-12-20-16(14)18(19)2/h3-4,7-9,12H,5-6,10-11H2,1-2H3. The summed E-state index contributed by atoms with van der Waals surface area (Å²) in [6, 6.07) is 11.1. The minimum absolute atomic E-state index is 0.244. The summed E-state index contributed by atoms with van der Waals surface area (Å²) in [5, 5.41) is 0. The Morgan fingerprint density at radius 3 is 2.65 bits per heavy atom. The van der Waals surface area contributed by atoms with Crippen LogP contribution in [-0.4, -0.2) is 4.93 Å². The molecule has 1 saturated carbocycles. The zero-order valence-corrected chi connectivity index (χ0v) is 14.2. The van der Waals surface area contributed by atoms with Crippen molar-refractivity contribution in [3.05, 3.63) is 51.5 Å². The van der Waals surface area contributed by atoms with E-state index in [0.29, 0.717) is 0 Å². The molecule has 2 aromatic rings. The first-order valence-corrected chi connectivity index (χ1v) is 11.5. The molecule has 1 spiro atoms. The monoisotopic (exact) mass is 381 g/mol. The number of alkyl halides is 1. The molecule has 1 aliphatic heterocycles. The van der Waals surface area contributed by atoms with Gasteiger partial charge in [0.15, 0.2) is 0 Å². The van der Waals surface area contributed by atoms with E-state index in [1.807, 2.05) is 6.26 Å². The molecule has 106 valence electrons. The Balaban J connectivity index is 1.91. The fourth-order valence-electron chi connectivity index (χ4n) is 3.84. The molecule has 1 aromatic carbocycles. The van der Waals surface area contributed by atoms with E-state index >= 15 is 0 Å². The van der Waals surface area contributed by atoms with Gasteiger partial charge >= 0.3 is 128 Å². The molecule has 0 bridgehead atoms. The normalized spacial score (nSPS) is 21.7. The third kappa shape index (κ3) is 1.56. The number of para-hydroxylation sites is 1. The van der Waals surface area contributed by atoms with E-state index in [0.717, 1.165) is 0 Å². The van der Waals surface area contributed by atoms with Crippen molar-refractivity contribution >= 4 is 25.8 Å². The number of hydrogen-bond acceptors (Lipinski definition) is 2. The van der Waals surface area contributed by atoms with Gasteiger partial charge in [-0.25, -0.2) is 0 Å². The summed E-state index contributed by atoms with van der Waals surface area (Å²) in [6.07, 6.45) is 7.17. The summed E-state index contributed by atoms with van der Waals surface area (Å²) in [7, 11) is 0. The van der Waals surface area contributed by atoms with Crippen LogP contribution in [0, 0.1) is 10.7 Å². The Morgan fingerprint density at radius 2 is 1.90 bits per heavy atom. The maximum atomic E-state index is 5.89. The van der Waals surface area contributed by atoms with Gasteiger partial charge in [0.25, 0.3) is 0 Å². The van der Waals surface area contributed by atoms with E-state index in [-0.39, 0.29) is 5.54 Å². The van der Waals surface area contributed by atoms with Crippen molar-refractivity contribution < 1.29 is 4.42 Å². The molecule has 1 fully saturated rings. The zero-order chi connectivity index (χ0) is 13.7. The van der Waals surface area contributed by atoms with Gasteiger partial charge in [0, 0.05) is 0 Å². The molecule has 3 heteroatoms. The first kappa shape index (κ1) is 12.7. The van der Waals surface area contributed by atoms with Crippen LogP contribution in [-0.2, 0) is 5.54 Å². The van der Waals surface area contributed by atoms with Gasteiger partial charge in [-0.15, -0.1) is 0 Å². The van der Waals surface area contributed by atoms with Crippen molar-refractivity contribution in [1.82, 2.24) is 0 Å². The van der Waals surface area contributed by atoms with Crippen LogP contribution in [0.25, 0.3) is 0 Å². The average Bonchev–Trinajstić information content (AvgIpc) is 3.12. The molecular formula is C17H20INO. The first-order valence-electron chi connectivity index (χ1n) is 7.28. The predicted octanol–water partition coefficient (Wildman–Crippen LogP) is 5.10. The Labute approximate surface area is 127 Å². The second kappa shape index (κ2) is 4.52. The van der Waals surface area contributed by atoms with Gasteiger partial charge in [-0.1, -0.05) is 0 Å². The van der Waals surface area contributed by atoms with Crippen LogP contribution in [0.1, 0.15) is 36.8 Å². The first-order chi connectivity index (χ1) is 9.74. The van der Waals surface area contributed by atoms with Crippen molar-refractivity contribution in [2.75, 3.05) is 8.04 Å². The number of aryl methyl sites for hydroxylation is 1. The number of anilines is 1. The summed E-state index contributed by atoms with van der Waals surface area (Å²) in [4.78, 5) is 2.44. The number of benzene rings is 1. The summed E-state index contributed by atoms with van der Waals surface area (Å²) in [5.74, 6) is 0.